The third-order valence-electron chi connectivity index (χ3n) is 4.25. The number of rotatable bonds is 9. The van der Waals surface area contributed by atoms with Crippen molar-refractivity contribution in [3.05, 3.63) is 53.6 Å². The van der Waals surface area contributed by atoms with E-state index in [4.69, 9.17) is 23.7 Å². The van der Waals surface area contributed by atoms with E-state index >= 15 is 0 Å². The van der Waals surface area contributed by atoms with Gasteiger partial charge in [0, 0.05) is 11.1 Å². The normalized spacial score (nSPS) is 11.8. The first kappa shape index (κ1) is 26.8. The van der Waals surface area contributed by atoms with Gasteiger partial charge in [0.25, 0.3) is 0 Å². The van der Waals surface area contributed by atoms with E-state index in [1.165, 1.54) is 13.2 Å². The molecule has 2 aromatic rings. The number of ether oxygens (including phenoxy) is 5. The first-order valence-corrected chi connectivity index (χ1v) is 10.9. The van der Waals surface area contributed by atoms with Crippen molar-refractivity contribution in [1.82, 2.24) is 0 Å². The molecule has 34 heavy (non-hydrogen) atoms. The van der Waals surface area contributed by atoms with E-state index in [0.717, 1.165) is 0 Å². The van der Waals surface area contributed by atoms with Gasteiger partial charge >= 0.3 is 5.97 Å². The van der Waals surface area contributed by atoms with Crippen LogP contribution in [0.5, 0.6) is 23.0 Å². The fourth-order valence-electron chi connectivity index (χ4n) is 2.97. The van der Waals surface area contributed by atoms with Gasteiger partial charge in [0.2, 0.25) is 5.75 Å². The smallest absolute Gasteiger partial charge is 0.344 e. The van der Waals surface area contributed by atoms with E-state index in [1.807, 2.05) is 20.8 Å². The molecular weight excluding hydrogens is 436 g/mol. The molecule has 0 aliphatic rings. The van der Waals surface area contributed by atoms with Crippen molar-refractivity contribution in [3.8, 4) is 23.0 Å². The van der Waals surface area contributed by atoms with Crippen molar-refractivity contribution in [2.24, 2.45) is 0 Å². The Bertz CT molecular complexity index is 1040. The summed E-state index contributed by atoms with van der Waals surface area (Å²) in [6.45, 7) is 10.9. The van der Waals surface area contributed by atoms with Crippen molar-refractivity contribution in [2.75, 3.05) is 20.8 Å². The summed E-state index contributed by atoms with van der Waals surface area (Å²) >= 11 is 0. The standard InChI is InChI=1S/C27H34O7/c1-26(2,3)33-23(29)17-32-20-11-9-10-19(16-20)21(28)14-12-18-13-15-22(30-7)25(31-8)24(18)34-27(4,5)6/h9-16H,17H2,1-8H3/b14-12+. The van der Waals surface area contributed by atoms with Gasteiger partial charge in [-0.25, -0.2) is 4.79 Å². The van der Waals surface area contributed by atoms with Crippen molar-refractivity contribution in [1.29, 1.82) is 0 Å². The molecule has 0 unspecified atom stereocenters. The summed E-state index contributed by atoms with van der Waals surface area (Å²) in [5.74, 6) is 1.13. The molecule has 184 valence electrons. The molecule has 0 fully saturated rings. The Kier molecular flexibility index (Phi) is 8.74. The zero-order valence-electron chi connectivity index (χ0n) is 21.2. The molecule has 0 saturated carbocycles. The lowest BCUT2D eigenvalue weighted by atomic mass is 10.1. The number of hydrogen-bond donors (Lipinski definition) is 0. The molecule has 0 heterocycles. The quantitative estimate of drug-likeness (QED) is 0.272. The second-order valence-electron chi connectivity index (χ2n) is 9.53. The Morgan fingerprint density at radius 3 is 2.18 bits per heavy atom. The van der Waals surface area contributed by atoms with Crippen LogP contribution >= 0.6 is 0 Å². The summed E-state index contributed by atoms with van der Waals surface area (Å²) in [6.07, 6.45) is 3.11. The van der Waals surface area contributed by atoms with Crippen molar-refractivity contribution >= 4 is 17.8 Å². The van der Waals surface area contributed by atoms with Crippen LogP contribution in [0.15, 0.2) is 42.5 Å². The summed E-state index contributed by atoms with van der Waals surface area (Å²) in [5.41, 5.74) is -0.00983. The minimum absolute atomic E-state index is 0.237. The van der Waals surface area contributed by atoms with Gasteiger partial charge in [-0.2, -0.15) is 0 Å². The van der Waals surface area contributed by atoms with Gasteiger partial charge in [0.15, 0.2) is 23.9 Å². The summed E-state index contributed by atoms with van der Waals surface area (Å²) in [5, 5.41) is 0. The van der Waals surface area contributed by atoms with Gasteiger partial charge in [0.1, 0.15) is 17.0 Å². The summed E-state index contributed by atoms with van der Waals surface area (Å²) in [7, 11) is 3.09. The zero-order valence-corrected chi connectivity index (χ0v) is 21.2. The molecule has 0 bridgehead atoms. The van der Waals surface area contributed by atoms with Crippen LogP contribution in [-0.2, 0) is 9.53 Å². The van der Waals surface area contributed by atoms with E-state index in [0.29, 0.717) is 34.1 Å². The number of carbonyl (C=O) groups is 2. The number of carbonyl (C=O) groups excluding carboxylic acids is 2. The number of allylic oxidation sites excluding steroid dienone is 1. The van der Waals surface area contributed by atoms with Crippen molar-refractivity contribution in [3.63, 3.8) is 0 Å². The predicted octanol–water partition coefficient (Wildman–Crippen LogP) is 5.50. The molecule has 2 aromatic carbocycles. The fraction of sp³-hybridized carbons (Fsp3) is 0.407. The highest BCUT2D eigenvalue weighted by Gasteiger charge is 2.21. The lowest BCUT2D eigenvalue weighted by Gasteiger charge is -2.25. The Morgan fingerprint density at radius 1 is 0.882 bits per heavy atom. The Balaban J connectivity index is 2.23. The van der Waals surface area contributed by atoms with Crippen LogP contribution < -0.4 is 18.9 Å². The van der Waals surface area contributed by atoms with Crippen LogP contribution in [0.1, 0.15) is 57.5 Å². The van der Waals surface area contributed by atoms with Crippen molar-refractivity contribution in [2.45, 2.75) is 52.7 Å². The SMILES string of the molecule is COc1ccc(/C=C/C(=O)c2cccc(OCC(=O)OC(C)(C)C)c2)c(OC(C)(C)C)c1OC. The molecule has 0 aromatic heterocycles. The lowest BCUT2D eigenvalue weighted by Crippen LogP contribution is -2.27. The monoisotopic (exact) mass is 470 g/mol. The molecule has 0 aliphatic carbocycles. The molecule has 7 heteroatoms. The van der Waals surface area contributed by atoms with E-state index in [-0.39, 0.29) is 12.4 Å². The zero-order chi connectivity index (χ0) is 25.5. The van der Waals surface area contributed by atoms with Gasteiger partial charge < -0.3 is 23.7 Å². The first-order chi connectivity index (χ1) is 15.8. The van der Waals surface area contributed by atoms with Gasteiger partial charge in [-0.1, -0.05) is 12.1 Å². The maximum Gasteiger partial charge on any atom is 0.344 e. The molecule has 0 N–H and O–H groups in total. The predicted molar refractivity (Wildman–Crippen MR) is 131 cm³/mol. The maximum atomic E-state index is 12.8. The molecular formula is C27H34O7. The molecule has 0 saturated heterocycles. The van der Waals surface area contributed by atoms with Crippen molar-refractivity contribution < 1.29 is 33.3 Å². The highest BCUT2D eigenvalue weighted by molar-refractivity contribution is 6.07. The summed E-state index contributed by atoms with van der Waals surface area (Å²) in [6, 6.07) is 10.2. The molecule has 2 rings (SSSR count). The summed E-state index contributed by atoms with van der Waals surface area (Å²) in [4.78, 5) is 24.7. The third kappa shape index (κ3) is 8.14. The number of methoxy groups -OCH3 is 2. The van der Waals surface area contributed by atoms with Gasteiger partial charge in [-0.15, -0.1) is 0 Å². The van der Waals surface area contributed by atoms with Crippen LogP contribution in [0.4, 0.5) is 0 Å². The van der Waals surface area contributed by atoms with Gasteiger partial charge in [0.05, 0.1) is 14.2 Å². The number of hydrogen-bond acceptors (Lipinski definition) is 7. The van der Waals surface area contributed by atoms with Crippen LogP contribution in [-0.4, -0.2) is 43.8 Å². The molecule has 0 aliphatic heterocycles. The average molecular weight is 471 g/mol. The highest BCUT2D eigenvalue weighted by Crippen LogP contribution is 2.42. The molecule has 0 amide bonds. The third-order valence-corrected chi connectivity index (χ3v) is 4.25. The second-order valence-corrected chi connectivity index (χ2v) is 9.53. The molecule has 0 atom stereocenters. The lowest BCUT2D eigenvalue weighted by molar-refractivity contribution is -0.157. The second kappa shape index (κ2) is 11.1. The number of esters is 1. The first-order valence-electron chi connectivity index (χ1n) is 10.9. The minimum Gasteiger partial charge on any atom is -0.493 e. The minimum atomic E-state index is -0.594. The largest absolute Gasteiger partial charge is 0.493 e. The molecule has 0 spiro atoms. The number of benzene rings is 2. The van der Waals surface area contributed by atoms with Crippen LogP contribution in [0.3, 0.4) is 0 Å². The van der Waals surface area contributed by atoms with Crippen LogP contribution in [0.2, 0.25) is 0 Å². The van der Waals surface area contributed by atoms with Crippen LogP contribution in [0, 0.1) is 0 Å². The Morgan fingerprint density at radius 2 is 1.59 bits per heavy atom. The maximum absolute atomic E-state index is 12.8. The summed E-state index contributed by atoms with van der Waals surface area (Å²) < 4.78 is 27.7. The van der Waals surface area contributed by atoms with Crippen LogP contribution in [0.25, 0.3) is 6.08 Å². The van der Waals surface area contributed by atoms with Gasteiger partial charge in [-0.3, -0.25) is 4.79 Å². The molecule has 7 nitrogen and oxygen atoms in total. The Labute approximate surface area is 201 Å². The Hall–Kier alpha value is -3.48. The highest BCUT2D eigenvalue weighted by atomic mass is 16.6. The molecule has 0 radical (unpaired) electrons. The average Bonchev–Trinajstić information content (AvgIpc) is 2.74. The van der Waals surface area contributed by atoms with E-state index < -0.39 is 17.2 Å². The van der Waals surface area contributed by atoms with E-state index in [1.54, 1.807) is 70.4 Å². The van der Waals surface area contributed by atoms with Gasteiger partial charge in [-0.05, 0) is 78.0 Å². The number of ketones is 1. The van der Waals surface area contributed by atoms with E-state index in [9.17, 15) is 9.59 Å². The topological polar surface area (TPSA) is 80.3 Å². The fourth-order valence-corrected chi connectivity index (χ4v) is 2.97. The van der Waals surface area contributed by atoms with E-state index in [2.05, 4.69) is 0 Å².